The Labute approximate surface area is 119 Å². The average Bonchev–Trinajstić information content (AvgIpc) is 3.18. The third-order valence-corrected chi connectivity index (χ3v) is 5.17. The molecule has 0 saturated heterocycles. The van der Waals surface area contributed by atoms with E-state index in [2.05, 4.69) is 12.2 Å². The molecule has 20 heavy (non-hydrogen) atoms. The van der Waals surface area contributed by atoms with E-state index >= 15 is 0 Å². The number of nitrogens with one attached hydrogen (secondary N) is 1. The second-order valence-electron chi connectivity index (χ2n) is 6.27. The summed E-state index contributed by atoms with van der Waals surface area (Å²) >= 11 is 0. The number of hydrogen-bond donors (Lipinski definition) is 1. The van der Waals surface area contributed by atoms with Crippen molar-refractivity contribution in [2.24, 2.45) is 17.8 Å². The minimum atomic E-state index is -0.403. The van der Waals surface area contributed by atoms with Crippen molar-refractivity contribution in [2.75, 3.05) is 7.11 Å². The first kappa shape index (κ1) is 13.7. The fourth-order valence-corrected chi connectivity index (χ4v) is 4.08. The largest absolute Gasteiger partial charge is 0.463 e. The van der Waals surface area contributed by atoms with Crippen molar-refractivity contribution in [3.05, 3.63) is 23.7 Å². The molecule has 0 radical (unpaired) electrons. The predicted molar refractivity (Wildman–Crippen MR) is 75.3 cm³/mol. The van der Waals surface area contributed by atoms with Crippen molar-refractivity contribution in [3.8, 4) is 0 Å². The second kappa shape index (κ2) is 5.60. The standard InChI is InChI=1S/C16H23NO3/c1-10(14-8-11-3-4-12(14)7-11)17-9-13-5-6-20-15(13)16(18)19-2/h5-6,10-12,14,17H,3-4,7-9H2,1-2H3. The van der Waals surface area contributed by atoms with Gasteiger partial charge in [0.05, 0.1) is 13.4 Å². The molecule has 0 amide bonds. The Bertz CT molecular complexity index is 482. The summed E-state index contributed by atoms with van der Waals surface area (Å²) in [7, 11) is 1.37. The highest BCUT2D eigenvalue weighted by Crippen LogP contribution is 2.49. The van der Waals surface area contributed by atoms with Crippen LogP contribution in [-0.4, -0.2) is 19.1 Å². The highest BCUT2D eigenvalue weighted by Gasteiger charge is 2.41. The zero-order valence-electron chi connectivity index (χ0n) is 12.2. The molecule has 2 bridgehead atoms. The van der Waals surface area contributed by atoms with Gasteiger partial charge in [0.15, 0.2) is 0 Å². The zero-order chi connectivity index (χ0) is 14.1. The Morgan fingerprint density at radius 1 is 1.50 bits per heavy atom. The quantitative estimate of drug-likeness (QED) is 0.841. The smallest absolute Gasteiger partial charge is 0.374 e. The maximum absolute atomic E-state index is 11.6. The fourth-order valence-electron chi connectivity index (χ4n) is 4.08. The summed E-state index contributed by atoms with van der Waals surface area (Å²) in [6.07, 6.45) is 7.18. The van der Waals surface area contributed by atoms with E-state index < -0.39 is 5.97 Å². The van der Waals surface area contributed by atoms with Gasteiger partial charge in [-0.25, -0.2) is 4.79 Å². The lowest BCUT2D eigenvalue weighted by molar-refractivity contribution is 0.0563. The molecular formula is C16H23NO3. The Kier molecular flexibility index (Phi) is 3.83. The number of ether oxygens (including phenoxy) is 1. The lowest BCUT2D eigenvalue weighted by Crippen LogP contribution is -2.36. The van der Waals surface area contributed by atoms with Crippen LogP contribution in [0.2, 0.25) is 0 Å². The fraction of sp³-hybridized carbons (Fsp3) is 0.688. The van der Waals surface area contributed by atoms with Crippen LogP contribution in [0, 0.1) is 17.8 Å². The molecule has 0 spiro atoms. The van der Waals surface area contributed by atoms with Crippen LogP contribution < -0.4 is 5.32 Å². The van der Waals surface area contributed by atoms with Crippen LogP contribution in [-0.2, 0) is 11.3 Å². The number of hydrogen-bond acceptors (Lipinski definition) is 4. The van der Waals surface area contributed by atoms with E-state index in [0.29, 0.717) is 18.3 Å². The molecule has 110 valence electrons. The minimum absolute atomic E-state index is 0.320. The molecule has 4 heteroatoms. The molecular weight excluding hydrogens is 254 g/mol. The van der Waals surface area contributed by atoms with Gasteiger partial charge in [0, 0.05) is 18.2 Å². The van der Waals surface area contributed by atoms with Crippen LogP contribution in [0.1, 0.15) is 48.7 Å². The molecule has 0 aliphatic heterocycles. The molecule has 1 aromatic rings. The topological polar surface area (TPSA) is 51.5 Å². The molecule has 2 aliphatic carbocycles. The third-order valence-electron chi connectivity index (χ3n) is 5.17. The highest BCUT2D eigenvalue weighted by molar-refractivity contribution is 5.87. The number of carbonyl (C=O) groups excluding carboxylic acids is 1. The molecule has 2 aliphatic rings. The van der Waals surface area contributed by atoms with Crippen molar-refractivity contribution in [3.63, 3.8) is 0 Å². The number of rotatable bonds is 5. The lowest BCUT2D eigenvalue weighted by Gasteiger charge is -2.28. The Hall–Kier alpha value is -1.29. The van der Waals surface area contributed by atoms with Gasteiger partial charge in [-0.2, -0.15) is 0 Å². The van der Waals surface area contributed by atoms with Crippen molar-refractivity contribution in [1.82, 2.24) is 5.32 Å². The first-order chi connectivity index (χ1) is 9.69. The molecule has 4 nitrogen and oxygen atoms in total. The van der Waals surface area contributed by atoms with E-state index in [1.165, 1.54) is 32.8 Å². The molecule has 2 fully saturated rings. The SMILES string of the molecule is COC(=O)c1occc1CNC(C)C1CC2CCC1C2. The summed E-state index contributed by atoms with van der Waals surface area (Å²) in [5, 5.41) is 3.56. The number of furan rings is 1. The van der Waals surface area contributed by atoms with Gasteiger partial charge in [0.25, 0.3) is 0 Å². The van der Waals surface area contributed by atoms with E-state index in [0.717, 1.165) is 23.3 Å². The van der Waals surface area contributed by atoms with Gasteiger partial charge in [0.2, 0.25) is 5.76 Å². The van der Waals surface area contributed by atoms with Gasteiger partial charge in [-0.15, -0.1) is 0 Å². The molecule has 4 atom stereocenters. The van der Waals surface area contributed by atoms with E-state index in [4.69, 9.17) is 9.15 Å². The highest BCUT2D eigenvalue weighted by atomic mass is 16.5. The summed E-state index contributed by atoms with van der Waals surface area (Å²) in [6, 6.07) is 2.33. The van der Waals surface area contributed by atoms with Crippen molar-refractivity contribution in [2.45, 2.75) is 45.2 Å². The molecule has 4 unspecified atom stereocenters. The van der Waals surface area contributed by atoms with E-state index in [-0.39, 0.29) is 0 Å². The first-order valence-corrected chi connectivity index (χ1v) is 7.57. The predicted octanol–water partition coefficient (Wildman–Crippen LogP) is 2.98. The maximum atomic E-state index is 11.6. The van der Waals surface area contributed by atoms with Gasteiger partial charge >= 0.3 is 5.97 Å². The van der Waals surface area contributed by atoms with Gasteiger partial charge in [-0.3, -0.25) is 0 Å². The van der Waals surface area contributed by atoms with Gasteiger partial charge in [-0.1, -0.05) is 6.42 Å². The average molecular weight is 277 g/mol. The van der Waals surface area contributed by atoms with Crippen LogP contribution in [0.3, 0.4) is 0 Å². The van der Waals surface area contributed by atoms with Gasteiger partial charge in [-0.05, 0) is 50.0 Å². The van der Waals surface area contributed by atoms with E-state index in [1.54, 1.807) is 6.26 Å². The van der Waals surface area contributed by atoms with Gasteiger partial charge < -0.3 is 14.5 Å². The molecule has 0 aromatic carbocycles. The van der Waals surface area contributed by atoms with Crippen LogP contribution in [0.25, 0.3) is 0 Å². The maximum Gasteiger partial charge on any atom is 0.374 e. The minimum Gasteiger partial charge on any atom is -0.463 e. The molecule has 1 N–H and O–H groups in total. The van der Waals surface area contributed by atoms with Crippen LogP contribution in [0.5, 0.6) is 0 Å². The molecule has 1 heterocycles. The molecule has 3 rings (SSSR count). The van der Waals surface area contributed by atoms with Crippen LogP contribution in [0.4, 0.5) is 0 Å². The summed E-state index contributed by atoms with van der Waals surface area (Å²) in [5.74, 6) is 2.59. The summed E-state index contributed by atoms with van der Waals surface area (Å²) < 4.78 is 9.93. The number of esters is 1. The number of fused-ring (bicyclic) bond motifs is 2. The second-order valence-corrected chi connectivity index (χ2v) is 6.27. The summed E-state index contributed by atoms with van der Waals surface area (Å²) in [6.45, 7) is 2.93. The normalized spacial score (nSPS) is 29.6. The molecule has 1 aromatic heterocycles. The molecule has 2 saturated carbocycles. The Morgan fingerprint density at radius 2 is 2.35 bits per heavy atom. The van der Waals surface area contributed by atoms with Crippen molar-refractivity contribution < 1.29 is 13.9 Å². The van der Waals surface area contributed by atoms with E-state index in [1.807, 2.05) is 6.07 Å². The lowest BCUT2D eigenvalue weighted by atomic mass is 9.84. The number of carbonyl (C=O) groups is 1. The first-order valence-electron chi connectivity index (χ1n) is 7.57. The Morgan fingerprint density at radius 3 is 3.00 bits per heavy atom. The van der Waals surface area contributed by atoms with Crippen molar-refractivity contribution in [1.29, 1.82) is 0 Å². The summed E-state index contributed by atoms with van der Waals surface area (Å²) in [5.41, 5.74) is 0.881. The number of methoxy groups -OCH3 is 1. The van der Waals surface area contributed by atoms with Crippen molar-refractivity contribution >= 4 is 5.97 Å². The van der Waals surface area contributed by atoms with Crippen LogP contribution in [0.15, 0.2) is 16.7 Å². The van der Waals surface area contributed by atoms with Crippen LogP contribution >= 0.6 is 0 Å². The third kappa shape index (κ3) is 2.49. The van der Waals surface area contributed by atoms with Gasteiger partial charge in [0.1, 0.15) is 0 Å². The summed E-state index contributed by atoms with van der Waals surface area (Å²) in [4.78, 5) is 11.6. The Balaban J connectivity index is 1.57. The zero-order valence-corrected chi connectivity index (χ0v) is 12.2. The van der Waals surface area contributed by atoms with E-state index in [9.17, 15) is 4.79 Å². The monoisotopic (exact) mass is 277 g/mol.